The predicted octanol–water partition coefficient (Wildman–Crippen LogP) is 3.95. The Morgan fingerprint density at radius 3 is 2.63 bits per heavy atom. The number of nitrogens with zero attached hydrogens (tertiary/aromatic N) is 3. The van der Waals surface area contributed by atoms with Gasteiger partial charge in [0.15, 0.2) is 0 Å². The van der Waals surface area contributed by atoms with Crippen molar-refractivity contribution >= 4 is 0 Å². The van der Waals surface area contributed by atoms with Crippen LogP contribution in [-0.4, -0.2) is 12.1 Å². The molecule has 1 aliphatic rings. The maximum absolute atomic E-state index is 8.70. The molecule has 0 spiro atoms. The molecule has 0 radical (unpaired) electrons. The van der Waals surface area contributed by atoms with Crippen molar-refractivity contribution in [3.05, 3.63) is 58.5 Å². The monoisotopic (exact) mass is 256 g/mol. The summed E-state index contributed by atoms with van der Waals surface area (Å²) in [6.45, 7) is 0.826. The Hall–Kier alpha value is -1.77. The zero-order valence-corrected chi connectivity index (χ0v) is 11.1. The summed E-state index contributed by atoms with van der Waals surface area (Å²) in [5, 5.41) is 7.50. The molecule has 100 valence electrons. The van der Waals surface area contributed by atoms with Gasteiger partial charge in [-0.15, -0.1) is 0 Å². The number of hydrogen-bond acceptors (Lipinski definition) is 2. The summed E-state index contributed by atoms with van der Waals surface area (Å²) < 4.78 is 0. The Labute approximate surface area is 114 Å². The second kappa shape index (κ2) is 7.62. The van der Waals surface area contributed by atoms with Gasteiger partial charge in [0.25, 0.3) is 0 Å². The van der Waals surface area contributed by atoms with Crippen molar-refractivity contribution in [2.75, 3.05) is 0 Å². The van der Waals surface area contributed by atoms with Crippen molar-refractivity contribution in [2.45, 2.75) is 44.3 Å². The third kappa shape index (κ3) is 4.43. The van der Waals surface area contributed by atoms with E-state index in [9.17, 15) is 0 Å². The first-order valence-corrected chi connectivity index (χ1v) is 6.86. The van der Waals surface area contributed by atoms with Gasteiger partial charge in [-0.25, -0.2) is 0 Å². The van der Waals surface area contributed by atoms with Gasteiger partial charge in [-0.2, -0.15) is 0 Å². The molecule has 1 unspecified atom stereocenters. The van der Waals surface area contributed by atoms with Gasteiger partial charge in [-0.1, -0.05) is 47.6 Å². The second-order valence-corrected chi connectivity index (χ2v) is 4.87. The zero-order valence-electron chi connectivity index (χ0n) is 11.1. The number of benzene rings is 1. The second-order valence-electron chi connectivity index (χ2n) is 4.87. The molecule has 4 heteroatoms. The van der Waals surface area contributed by atoms with Crippen LogP contribution in [-0.2, 0) is 6.54 Å². The van der Waals surface area contributed by atoms with Crippen molar-refractivity contribution in [3.8, 4) is 0 Å². The van der Waals surface area contributed by atoms with E-state index in [4.69, 9.17) is 5.53 Å². The lowest BCUT2D eigenvalue weighted by molar-refractivity contribution is 0.386. The average Bonchev–Trinajstić information content (AvgIpc) is 2.43. The van der Waals surface area contributed by atoms with E-state index < -0.39 is 0 Å². The Morgan fingerprint density at radius 2 is 1.89 bits per heavy atom. The van der Waals surface area contributed by atoms with Crippen LogP contribution in [0.25, 0.3) is 10.4 Å². The summed E-state index contributed by atoms with van der Waals surface area (Å²) in [7, 11) is 0. The lowest BCUT2D eigenvalue weighted by atomic mass is 9.96. The molecule has 0 heterocycles. The molecule has 0 saturated carbocycles. The van der Waals surface area contributed by atoms with Crippen LogP contribution in [0.4, 0.5) is 0 Å². The highest BCUT2D eigenvalue weighted by molar-refractivity contribution is 5.14. The van der Waals surface area contributed by atoms with E-state index in [1.165, 1.54) is 5.56 Å². The number of allylic oxidation sites excluding steroid dienone is 2. The van der Waals surface area contributed by atoms with Gasteiger partial charge in [0.05, 0.1) is 6.04 Å². The molecule has 0 fully saturated rings. The summed E-state index contributed by atoms with van der Waals surface area (Å²) in [6.07, 6.45) is 8.40. The SMILES string of the molecule is [N-]=[N+]=NC1CC/C=C\CC[C@@H]1NCc1ccccc1. The number of nitrogens with one attached hydrogen (secondary N) is 1. The summed E-state index contributed by atoms with van der Waals surface area (Å²) in [6, 6.07) is 10.6. The summed E-state index contributed by atoms with van der Waals surface area (Å²) in [5.74, 6) is 0. The first kappa shape index (κ1) is 13.7. The number of azide groups is 1. The average molecular weight is 256 g/mol. The van der Waals surface area contributed by atoms with E-state index in [-0.39, 0.29) is 12.1 Å². The molecule has 0 saturated heterocycles. The third-order valence-corrected chi connectivity index (χ3v) is 3.52. The maximum atomic E-state index is 8.70. The van der Waals surface area contributed by atoms with E-state index >= 15 is 0 Å². The van der Waals surface area contributed by atoms with Crippen LogP contribution < -0.4 is 5.32 Å². The lowest BCUT2D eigenvalue weighted by Gasteiger charge is -2.25. The van der Waals surface area contributed by atoms with Gasteiger partial charge >= 0.3 is 0 Å². The normalized spacial score (nSPS) is 24.8. The smallest absolute Gasteiger partial charge is 0.0530 e. The minimum Gasteiger partial charge on any atom is -0.310 e. The molecule has 0 bridgehead atoms. The van der Waals surface area contributed by atoms with Gasteiger partial charge in [0.2, 0.25) is 0 Å². The Balaban J connectivity index is 1.97. The van der Waals surface area contributed by atoms with Gasteiger partial charge in [-0.3, -0.25) is 0 Å². The summed E-state index contributed by atoms with van der Waals surface area (Å²) in [5.41, 5.74) is 9.96. The lowest BCUT2D eigenvalue weighted by Crippen LogP contribution is -2.38. The fourth-order valence-electron chi connectivity index (χ4n) is 2.46. The van der Waals surface area contributed by atoms with E-state index in [2.05, 4.69) is 39.6 Å². The number of hydrogen-bond donors (Lipinski definition) is 1. The Kier molecular flexibility index (Phi) is 5.48. The molecule has 1 N–H and O–H groups in total. The van der Waals surface area contributed by atoms with E-state index in [0.29, 0.717) is 0 Å². The van der Waals surface area contributed by atoms with Crippen LogP contribution in [0.15, 0.2) is 47.6 Å². The van der Waals surface area contributed by atoms with Gasteiger partial charge in [-0.05, 0) is 36.8 Å². The molecule has 0 aliphatic heterocycles. The van der Waals surface area contributed by atoms with E-state index in [1.807, 2.05) is 18.2 Å². The largest absolute Gasteiger partial charge is 0.310 e. The summed E-state index contributed by atoms with van der Waals surface area (Å²) >= 11 is 0. The standard InChI is InChI=1S/C15H20N4/c16-19-18-15-11-7-2-1-6-10-14(15)17-12-13-8-4-3-5-9-13/h1-5,8-9,14-15,17H,6-7,10-12H2/b2-1-/t14-,15?/m0/s1. The Bertz CT molecular complexity index is 448. The maximum Gasteiger partial charge on any atom is 0.0530 e. The minimum absolute atomic E-state index is 0.0543. The first-order valence-electron chi connectivity index (χ1n) is 6.86. The van der Waals surface area contributed by atoms with Crippen molar-refractivity contribution in [3.63, 3.8) is 0 Å². The molecular weight excluding hydrogens is 236 g/mol. The molecular formula is C15H20N4. The minimum atomic E-state index is 0.0543. The van der Waals surface area contributed by atoms with E-state index in [0.717, 1.165) is 32.2 Å². The van der Waals surface area contributed by atoms with Gasteiger partial charge in [0, 0.05) is 17.5 Å². The molecule has 4 nitrogen and oxygen atoms in total. The molecule has 2 rings (SSSR count). The van der Waals surface area contributed by atoms with Crippen LogP contribution in [0.3, 0.4) is 0 Å². The predicted molar refractivity (Wildman–Crippen MR) is 77.6 cm³/mol. The van der Waals surface area contributed by atoms with Crippen molar-refractivity contribution in [2.24, 2.45) is 5.11 Å². The Morgan fingerprint density at radius 1 is 1.16 bits per heavy atom. The van der Waals surface area contributed by atoms with Crippen LogP contribution >= 0.6 is 0 Å². The molecule has 2 atom stereocenters. The number of rotatable bonds is 4. The summed E-state index contributed by atoms with van der Waals surface area (Å²) in [4.78, 5) is 3.00. The fourth-order valence-corrected chi connectivity index (χ4v) is 2.46. The molecule has 19 heavy (non-hydrogen) atoms. The highest BCUT2D eigenvalue weighted by atomic mass is 15.2. The van der Waals surface area contributed by atoms with Crippen LogP contribution in [0.5, 0.6) is 0 Å². The first-order chi connectivity index (χ1) is 9.40. The molecule has 0 aromatic heterocycles. The molecule has 0 amide bonds. The quantitative estimate of drug-likeness (QED) is 0.377. The zero-order chi connectivity index (χ0) is 13.3. The molecule has 1 aromatic rings. The van der Waals surface area contributed by atoms with Crippen molar-refractivity contribution < 1.29 is 0 Å². The van der Waals surface area contributed by atoms with Gasteiger partial charge < -0.3 is 5.32 Å². The molecule has 1 aromatic carbocycles. The van der Waals surface area contributed by atoms with Crippen LogP contribution in [0.2, 0.25) is 0 Å². The van der Waals surface area contributed by atoms with Gasteiger partial charge in [0.1, 0.15) is 0 Å². The van der Waals surface area contributed by atoms with Crippen molar-refractivity contribution in [1.82, 2.24) is 5.32 Å². The van der Waals surface area contributed by atoms with Crippen molar-refractivity contribution in [1.29, 1.82) is 0 Å². The van der Waals surface area contributed by atoms with Crippen LogP contribution in [0.1, 0.15) is 31.2 Å². The topological polar surface area (TPSA) is 60.8 Å². The third-order valence-electron chi connectivity index (χ3n) is 3.52. The highest BCUT2D eigenvalue weighted by Crippen LogP contribution is 2.17. The van der Waals surface area contributed by atoms with Crippen LogP contribution in [0, 0.1) is 0 Å². The molecule has 1 aliphatic carbocycles. The fraction of sp³-hybridized carbons (Fsp3) is 0.467. The highest BCUT2D eigenvalue weighted by Gasteiger charge is 2.19. The van der Waals surface area contributed by atoms with E-state index in [1.54, 1.807) is 0 Å².